The molecule has 1 atom stereocenters. The summed E-state index contributed by atoms with van der Waals surface area (Å²) < 4.78 is 3.19. The number of amides is 1. The minimum atomic E-state index is -0.0850. The van der Waals surface area contributed by atoms with Crippen LogP contribution >= 0.6 is 34.4 Å². The molecule has 1 aromatic carbocycles. The van der Waals surface area contributed by atoms with Crippen molar-refractivity contribution < 1.29 is 4.79 Å². The lowest BCUT2D eigenvalue weighted by Gasteiger charge is -2.19. The molecule has 1 aliphatic carbocycles. The first-order valence-electron chi connectivity index (χ1n) is 10.4. The van der Waals surface area contributed by atoms with Crippen molar-refractivity contribution in [1.82, 2.24) is 19.7 Å². The van der Waals surface area contributed by atoms with Crippen LogP contribution < -0.4 is 5.32 Å². The van der Waals surface area contributed by atoms with Gasteiger partial charge in [0.1, 0.15) is 0 Å². The Bertz CT molecular complexity index is 1210. The molecule has 1 N–H and O–H groups in total. The third kappa shape index (κ3) is 4.14. The van der Waals surface area contributed by atoms with Crippen molar-refractivity contribution in [3.05, 3.63) is 40.1 Å². The number of nitrogens with one attached hydrogen (secondary N) is 1. The molecule has 1 amide bonds. The Morgan fingerprint density at radius 1 is 1.32 bits per heavy atom. The topological polar surface area (TPSA) is 72.7 Å². The van der Waals surface area contributed by atoms with Crippen LogP contribution in [0.5, 0.6) is 0 Å². The first-order valence-corrected chi connectivity index (χ1v) is 13.1. The van der Waals surface area contributed by atoms with Crippen molar-refractivity contribution in [2.24, 2.45) is 5.92 Å². The Hall–Kier alpha value is -2.23. The van der Waals surface area contributed by atoms with E-state index in [1.165, 1.54) is 45.5 Å². The molecule has 0 fully saturated rings. The number of anilines is 1. The molecule has 160 valence electrons. The summed E-state index contributed by atoms with van der Waals surface area (Å²) in [6, 6.07) is 7.88. The number of thiazole rings is 1. The standard InChI is InChI=1S/C22H23N5OS3/c1-3-27-20(15-11-29-18-10-13(2)8-9-14(15)18)25-26-22(27)30-12-19(28)24-21-23-16-6-4-5-7-17(16)31-21/h4-7,11,13H,3,8-10,12H2,1-2H3,(H,23,24,28). The van der Waals surface area contributed by atoms with Crippen LogP contribution in [-0.2, 0) is 24.2 Å². The van der Waals surface area contributed by atoms with E-state index in [0.29, 0.717) is 5.13 Å². The van der Waals surface area contributed by atoms with Gasteiger partial charge in [-0.05, 0) is 49.8 Å². The first kappa shape index (κ1) is 20.7. The number of thioether (sulfide) groups is 1. The van der Waals surface area contributed by atoms with Crippen LogP contribution in [0.1, 0.15) is 30.7 Å². The minimum Gasteiger partial charge on any atom is -0.302 e. The number of fused-ring (bicyclic) bond motifs is 2. The van der Waals surface area contributed by atoms with E-state index in [1.54, 1.807) is 0 Å². The van der Waals surface area contributed by atoms with Crippen LogP contribution in [-0.4, -0.2) is 31.4 Å². The fourth-order valence-electron chi connectivity index (χ4n) is 3.96. The molecule has 5 rings (SSSR count). The molecule has 3 heterocycles. The number of thiophene rings is 1. The quantitative estimate of drug-likeness (QED) is 0.378. The van der Waals surface area contributed by atoms with E-state index in [0.717, 1.165) is 46.5 Å². The third-order valence-corrected chi connectivity index (χ3v) is 8.52. The zero-order chi connectivity index (χ0) is 21.4. The maximum Gasteiger partial charge on any atom is 0.236 e. The number of carbonyl (C=O) groups is 1. The maximum absolute atomic E-state index is 12.5. The highest BCUT2D eigenvalue weighted by Crippen LogP contribution is 2.38. The van der Waals surface area contributed by atoms with E-state index in [2.05, 4.69) is 44.3 Å². The zero-order valence-electron chi connectivity index (χ0n) is 17.4. The number of hydrogen-bond donors (Lipinski definition) is 1. The van der Waals surface area contributed by atoms with E-state index in [9.17, 15) is 4.79 Å². The summed E-state index contributed by atoms with van der Waals surface area (Å²) in [7, 11) is 0. The van der Waals surface area contributed by atoms with Gasteiger partial charge in [-0.2, -0.15) is 0 Å². The zero-order valence-corrected chi connectivity index (χ0v) is 19.9. The Balaban J connectivity index is 1.29. The molecule has 4 aromatic rings. The lowest BCUT2D eigenvalue weighted by atomic mass is 9.88. The van der Waals surface area contributed by atoms with Gasteiger partial charge in [0.2, 0.25) is 5.91 Å². The predicted octanol–water partition coefficient (Wildman–Crippen LogP) is 5.49. The highest BCUT2D eigenvalue weighted by atomic mass is 32.2. The van der Waals surface area contributed by atoms with Crippen molar-refractivity contribution in [1.29, 1.82) is 0 Å². The molecule has 6 nitrogen and oxygen atoms in total. The molecule has 31 heavy (non-hydrogen) atoms. The van der Waals surface area contributed by atoms with E-state index in [4.69, 9.17) is 0 Å². The second-order valence-electron chi connectivity index (χ2n) is 7.77. The van der Waals surface area contributed by atoms with Crippen LogP contribution in [0.15, 0.2) is 34.8 Å². The van der Waals surface area contributed by atoms with Gasteiger partial charge in [-0.3, -0.25) is 4.79 Å². The van der Waals surface area contributed by atoms with E-state index >= 15 is 0 Å². The number of nitrogens with zero attached hydrogens (tertiary/aromatic N) is 4. The average Bonchev–Trinajstić information content (AvgIpc) is 3.47. The Morgan fingerprint density at radius 2 is 2.19 bits per heavy atom. The lowest BCUT2D eigenvalue weighted by molar-refractivity contribution is -0.113. The monoisotopic (exact) mass is 469 g/mol. The minimum absolute atomic E-state index is 0.0850. The molecular formula is C22H23N5OS3. The number of carbonyl (C=O) groups excluding carboxylic acids is 1. The van der Waals surface area contributed by atoms with Gasteiger partial charge in [0.05, 0.1) is 16.0 Å². The van der Waals surface area contributed by atoms with E-state index < -0.39 is 0 Å². The molecule has 0 radical (unpaired) electrons. The predicted molar refractivity (Wildman–Crippen MR) is 129 cm³/mol. The van der Waals surface area contributed by atoms with Gasteiger partial charge >= 0.3 is 0 Å². The molecule has 0 aliphatic heterocycles. The largest absolute Gasteiger partial charge is 0.302 e. The van der Waals surface area contributed by atoms with Crippen LogP contribution in [0.4, 0.5) is 5.13 Å². The molecule has 3 aromatic heterocycles. The highest BCUT2D eigenvalue weighted by Gasteiger charge is 2.24. The number of para-hydroxylation sites is 1. The summed E-state index contributed by atoms with van der Waals surface area (Å²) >= 11 is 4.75. The number of hydrogen-bond acceptors (Lipinski definition) is 7. The highest BCUT2D eigenvalue weighted by molar-refractivity contribution is 7.99. The van der Waals surface area contributed by atoms with Gasteiger partial charge in [0.15, 0.2) is 16.1 Å². The summed E-state index contributed by atoms with van der Waals surface area (Å²) in [6.45, 7) is 5.19. The first-order chi connectivity index (χ1) is 15.1. The van der Waals surface area contributed by atoms with Crippen molar-refractivity contribution in [2.75, 3.05) is 11.1 Å². The summed E-state index contributed by atoms with van der Waals surface area (Å²) in [5, 5.41) is 15.5. The Kier molecular flexibility index (Phi) is 5.81. The van der Waals surface area contributed by atoms with Gasteiger partial charge in [-0.1, -0.05) is 42.2 Å². The molecule has 1 unspecified atom stereocenters. The number of rotatable bonds is 6. The second kappa shape index (κ2) is 8.72. The lowest BCUT2D eigenvalue weighted by Crippen LogP contribution is -2.14. The second-order valence-corrected chi connectivity index (χ2v) is 10.7. The molecule has 9 heteroatoms. The molecule has 0 saturated carbocycles. The normalized spacial score (nSPS) is 15.9. The molecule has 0 bridgehead atoms. The SMILES string of the molecule is CCn1c(SCC(=O)Nc2nc3ccccc3s2)nnc1-c1csc2c1CCC(C)C2. The van der Waals surface area contributed by atoms with Gasteiger partial charge in [-0.15, -0.1) is 21.5 Å². The summed E-state index contributed by atoms with van der Waals surface area (Å²) in [5.74, 6) is 1.86. The number of benzene rings is 1. The molecule has 0 saturated heterocycles. The van der Waals surface area contributed by atoms with Gasteiger partial charge < -0.3 is 9.88 Å². The van der Waals surface area contributed by atoms with Crippen molar-refractivity contribution in [2.45, 2.75) is 44.8 Å². The van der Waals surface area contributed by atoms with Crippen LogP contribution in [0.3, 0.4) is 0 Å². The Labute approximate surface area is 193 Å². The van der Waals surface area contributed by atoms with Crippen LogP contribution in [0, 0.1) is 5.92 Å². The molecule has 1 aliphatic rings. The average molecular weight is 470 g/mol. The van der Waals surface area contributed by atoms with E-state index in [-0.39, 0.29) is 11.7 Å². The summed E-state index contributed by atoms with van der Waals surface area (Å²) in [5.41, 5.74) is 3.56. The molecule has 0 spiro atoms. The van der Waals surface area contributed by atoms with Gasteiger partial charge in [0.25, 0.3) is 0 Å². The van der Waals surface area contributed by atoms with Crippen LogP contribution in [0.25, 0.3) is 21.6 Å². The fraction of sp³-hybridized carbons (Fsp3) is 0.364. The van der Waals surface area contributed by atoms with Crippen molar-refractivity contribution >= 4 is 55.7 Å². The van der Waals surface area contributed by atoms with Gasteiger partial charge in [-0.25, -0.2) is 4.98 Å². The third-order valence-electron chi connectivity index (χ3n) is 5.55. The smallest absolute Gasteiger partial charge is 0.236 e. The Morgan fingerprint density at radius 3 is 3.03 bits per heavy atom. The van der Waals surface area contributed by atoms with Gasteiger partial charge in [0, 0.05) is 22.4 Å². The number of aromatic nitrogens is 4. The molecular weight excluding hydrogens is 446 g/mol. The van der Waals surface area contributed by atoms with Crippen LogP contribution in [0.2, 0.25) is 0 Å². The fourth-order valence-corrected chi connectivity index (χ4v) is 6.88. The van der Waals surface area contributed by atoms with E-state index in [1.807, 2.05) is 35.6 Å². The summed E-state index contributed by atoms with van der Waals surface area (Å²) in [6.07, 6.45) is 3.50. The maximum atomic E-state index is 12.5. The van der Waals surface area contributed by atoms with Crippen molar-refractivity contribution in [3.63, 3.8) is 0 Å². The summed E-state index contributed by atoms with van der Waals surface area (Å²) in [4.78, 5) is 18.5. The van der Waals surface area contributed by atoms with Crippen molar-refractivity contribution in [3.8, 4) is 11.4 Å².